The van der Waals surface area contributed by atoms with Crippen LogP contribution in [0.3, 0.4) is 0 Å². The zero-order valence-electron chi connectivity index (χ0n) is 9.45. The smallest absolute Gasteiger partial charge is 0.182 e. The van der Waals surface area contributed by atoms with Crippen LogP contribution in [-0.4, -0.2) is 9.55 Å². The van der Waals surface area contributed by atoms with Gasteiger partial charge >= 0.3 is 0 Å². The molecule has 6 heteroatoms. The van der Waals surface area contributed by atoms with Gasteiger partial charge in [-0.15, -0.1) is 0 Å². The number of aromatic nitrogens is 2. The summed E-state index contributed by atoms with van der Waals surface area (Å²) >= 11 is 20.9. The standard InChI is InChI=1S/C13H7BrCl2N2S/c14-9-3-2-8(6-10(9)16)18-12-4-1-7(15)5-11(12)17-13(18)19/h1-6H,(H,17,19). The highest BCUT2D eigenvalue weighted by Crippen LogP contribution is 2.28. The van der Waals surface area contributed by atoms with E-state index in [9.17, 15) is 0 Å². The number of imidazole rings is 1. The number of H-pyrrole nitrogens is 1. The van der Waals surface area contributed by atoms with Crippen LogP contribution < -0.4 is 0 Å². The zero-order chi connectivity index (χ0) is 13.6. The molecule has 0 saturated heterocycles. The molecule has 2 nitrogen and oxygen atoms in total. The second-order valence-electron chi connectivity index (χ2n) is 4.03. The van der Waals surface area contributed by atoms with E-state index in [1.165, 1.54) is 0 Å². The molecule has 0 aliphatic heterocycles. The Morgan fingerprint density at radius 2 is 1.89 bits per heavy atom. The molecule has 0 bridgehead atoms. The Balaban J connectivity index is 2.32. The molecule has 0 unspecified atom stereocenters. The van der Waals surface area contributed by atoms with Crippen molar-refractivity contribution in [1.82, 2.24) is 9.55 Å². The van der Waals surface area contributed by atoms with Crippen LogP contribution in [0.25, 0.3) is 16.7 Å². The molecule has 3 rings (SSSR count). The molecule has 0 radical (unpaired) electrons. The van der Waals surface area contributed by atoms with Gasteiger partial charge < -0.3 is 4.98 Å². The van der Waals surface area contributed by atoms with Gasteiger partial charge in [0.25, 0.3) is 0 Å². The van der Waals surface area contributed by atoms with E-state index in [-0.39, 0.29) is 0 Å². The fourth-order valence-corrected chi connectivity index (χ4v) is 2.87. The van der Waals surface area contributed by atoms with Gasteiger partial charge in [-0.05, 0) is 64.5 Å². The Labute approximate surface area is 133 Å². The van der Waals surface area contributed by atoms with Crippen molar-refractivity contribution in [3.05, 3.63) is 55.7 Å². The van der Waals surface area contributed by atoms with Gasteiger partial charge in [0.1, 0.15) is 0 Å². The fourth-order valence-electron chi connectivity index (χ4n) is 1.96. The summed E-state index contributed by atoms with van der Waals surface area (Å²) in [6, 6.07) is 11.3. The molecule has 0 aliphatic carbocycles. The lowest BCUT2D eigenvalue weighted by molar-refractivity contribution is 1.06. The highest BCUT2D eigenvalue weighted by atomic mass is 79.9. The summed E-state index contributed by atoms with van der Waals surface area (Å²) in [5.74, 6) is 0. The second kappa shape index (κ2) is 4.94. The van der Waals surface area contributed by atoms with E-state index in [1.807, 2.05) is 41.0 Å². The predicted octanol–water partition coefficient (Wildman–Crippen LogP) is 5.76. The van der Waals surface area contributed by atoms with Crippen molar-refractivity contribution >= 4 is 62.4 Å². The van der Waals surface area contributed by atoms with Crippen molar-refractivity contribution in [1.29, 1.82) is 0 Å². The van der Waals surface area contributed by atoms with Crippen molar-refractivity contribution in [3.63, 3.8) is 0 Å². The van der Waals surface area contributed by atoms with Crippen molar-refractivity contribution in [2.24, 2.45) is 0 Å². The van der Waals surface area contributed by atoms with Crippen LogP contribution in [0.2, 0.25) is 10.0 Å². The van der Waals surface area contributed by atoms with E-state index >= 15 is 0 Å². The maximum atomic E-state index is 6.13. The molecular formula is C13H7BrCl2N2S. The lowest BCUT2D eigenvalue weighted by Gasteiger charge is -2.06. The molecule has 1 N–H and O–H groups in total. The molecule has 2 aromatic carbocycles. The molecule has 1 heterocycles. The Hall–Kier alpha value is -0.810. The number of benzene rings is 2. The van der Waals surface area contributed by atoms with Gasteiger partial charge in [0.2, 0.25) is 0 Å². The first kappa shape index (κ1) is 13.2. The molecular weight excluding hydrogens is 367 g/mol. The van der Waals surface area contributed by atoms with Crippen LogP contribution in [0, 0.1) is 4.77 Å². The normalized spacial score (nSPS) is 11.1. The van der Waals surface area contributed by atoms with Crippen molar-refractivity contribution in [2.45, 2.75) is 0 Å². The molecule has 19 heavy (non-hydrogen) atoms. The van der Waals surface area contributed by atoms with Gasteiger partial charge in [-0.2, -0.15) is 0 Å². The molecule has 0 amide bonds. The quantitative estimate of drug-likeness (QED) is 0.538. The number of hydrogen-bond acceptors (Lipinski definition) is 1. The Morgan fingerprint density at radius 3 is 2.63 bits per heavy atom. The van der Waals surface area contributed by atoms with Crippen molar-refractivity contribution < 1.29 is 0 Å². The number of hydrogen-bond donors (Lipinski definition) is 1. The van der Waals surface area contributed by atoms with Gasteiger partial charge in [-0.25, -0.2) is 0 Å². The number of aromatic amines is 1. The summed E-state index contributed by atoms with van der Waals surface area (Å²) in [5.41, 5.74) is 2.77. The number of nitrogens with one attached hydrogen (secondary N) is 1. The fraction of sp³-hybridized carbons (Fsp3) is 0. The highest BCUT2D eigenvalue weighted by molar-refractivity contribution is 9.10. The minimum Gasteiger partial charge on any atom is -0.330 e. The Morgan fingerprint density at radius 1 is 1.11 bits per heavy atom. The molecule has 0 fully saturated rings. The van der Waals surface area contributed by atoms with E-state index in [4.69, 9.17) is 35.4 Å². The molecule has 0 aliphatic rings. The Bertz CT molecular complexity index is 838. The summed E-state index contributed by atoms with van der Waals surface area (Å²) in [6.07, 6.45) is 0. The first-order valence-electron chi connectivity index (χ1n) is 5.42. The third-order valence-corrected chi connectivity index (χ3v) is 4.56. The lowest BCUT2D eigenvalue weighted by Crippen LogP contribution is -1.93. The summed E-state index contributed by atoms with van der Waals surface area (Å²) in [7, 11) is 0. The minimum absolute atomic E-state index is 0.607. The largest absolute Gasteiger partial charge is 0.330 e. The number of nitrogens with zero attached hydrogens (tertiary/aromatic N) is 1. The van der Waals surface area contributed by atoms with Gasteiger partial charge in [0, 0.05) is 15.2 Å². The van der Waals surface area contributed by atoms with Crippen LogP contribution in [0.1, 0.15) is 0 Å². The number of rotatable bonds is 1. The van der Waals surface area contributed by atoms with E-state index < -0.39 is 0 Å². The third kappa shape index (κ3) is 2.34. The highest BCUT2D eigenvalue weighted by Gasteiger charge is 2.08. The SMILES string of the molecule is S=c1[nH]c2cc(Cl)ccc2n1-c1ccc(Br)c(Cl)c1. The second-order valence-corrected chi connectivity index (χ2v) is 6.11. The first-order valence-corrected chi connectivity index (χ1v) is 7.38. The zero-order valence-corrected chi connectivity index (χ0v) is 13.4. The van der Waals surface area contributed by atoms with E-state index in [0.29, 0.717) is 14.8 Å². The van der Waals surface area contributed by atoms with Crippen LogP contribution in [0.5, 0.6) is 0 Å². The number of halogens is 3. The molecule has 0 spiro atoms. The van der Waals surface area contributed by atoms with E-state index in [0.717, 1.165) is 21.2 Å². The number of fused-ring (bicyclic) bond motifs is 1. The summed E-state index contributed by atoms with van der Waals surface area (Å²) in [6.45, 7) is 0. The monoisotopic (exact) mass is 372 g/mol. The average Bonchev–Trinajstić information content (AvgIpc) is 2.68. The minimum atomic E-state index is 0.607. The topological polar surface area (TPSA) is 20.7 Å². The van der Waals surface area contributed by atoms with E-state index in [1.54, 1.807) is 0 Å². The van der Waals surface area contributed by atoms with Crippen LogP contribution in [-0.2, 0) is 0 Å². The van der Waals surface area contributed by atoms with Crippen LogP contribution in [0.4, 0.5) is 0 Å². The maximum absolute atomic E-state index is 6.13. The van der Waals surface area contributed by atoms with Gasteiger partial charge in [-0.3, -0.25) is 4.57 Å². The van der Waals surface area contributed by atoms with Crippen molar-refractivity contribution in [3.8, 4) is 5.69 Å². The predicted molar refractivity (Wildman–Crippen MR) is 86.2 cm³/mol. The average molecular weight is 374 g/mol. The summed E-state index contributed by atoms with van der Waals surface area (Å²) in [4.78, 5) is 3.14. The lowest BCUT2D eigenvalue weighted by atomic mass is 10.3. The van der Waals surface area contributed by atoms with Gasteiger partial charge in [-0.1, -0.05) is 23.2 Å². The molecule has 0 saturated carbocycles. The van der Waals surface area contributed by atoms with Crippen LogP contribution >= 0.6 is 51.3 Å². The van der Waals surface area contributed by atoms with Crippen molar-refractivity contribution in [2.75, 3.05) is 0 Å². The molecule has 1 aromatic heterocycles. The summed E-state index contributed by atoms with van der Waals surface area (Å²) in [5, 5.41) is 1.31. The maximum Gasteiger partial charge on any atom is 0.182 e. The van der Waals surface area contributed by atoms with Crippen LogP contribution in [0.15, 0.2) is 40.9 Å². The molecule has 0 atom stereocenters. The third-order valence-electron chi connectivity index (χ3n) is 2.81. The van der Waals surface area contributed by atoms with Gasteiger partial charge in [0.05, 0.1) is 16.1 Å². The first-order chi connectivity index (χ1) is 9.06. The van der Waals surface area contributed by atoms with Gasteiger partial charge in [0.15, 0.2) is 4.77 Å². The Kier molecular flexibility index (Phi) is 3.43. The molecule has 96 valence electrons. The molecule has 3 aromatic rings. The summed E-state index contributed by atoms with van der Waals surface area (Å²) < 4.78 is 3.39. The van der Waals surface area contributed by atoms with E-state index in [2.05, 4.69) is 20.9 Å².